The molecule has 0 aliphatic carbocycles. The van der Waals surface area contributed by atoms with Crippen molar-refractivity contribution in [2.24, 2.45) is 5.73 Å². The van der Waals surface area contributed by atoms with Gasteiger partial charge in [-0.05, 0) is 37.3 Å². The number of hydrogen-bond donors (Lipinski definition) is 1. The van der Waals surface area contributed by atoms with Gasteiger partial charge in [-0.25, -0.2) is 4.39 Å². The van der Waals surface area contributed by atoms with E-state index in [2.05, 4.69) is 4.98 Å². The lowest BCUT2D eigenvalue weighted by Crippen LogP contribution is -2.00. The van der Waals surface area contributed by atoms with Crippen LogP contribution < -0.4 is 10.5 Å². The number of rotatable bonds is 3. The van der Waals surface area contributed by atoms with Crippen molar-refractivity contribution in [2.75, 3.05) is 0 Å². The molecule has 0 aliphatic heterocycles. The summed E-state index contributed by atoms with van der Waals surface area (Å²) in [6.45, 7) is 2.12. The second kappa shape index (κ2) is 4.93. The van der Waals surface area contributed by atoms with Crippen LogP contribution >= 0.6 is 0 Å². The lowest BCUT2D eigenvalue weighted by molar-refractivity contribution is 0.471. The number of ether oxygens (including phenoxy) is 1. The SMILES string of the molecule is Cc1ccc(Oc2ccc(F)cc2CN)cn1. The Labute approximate surface area is 99.1 Å². The molecule has 3 nitrogen and oxygen atoms in total. The molecule has 1 aromatic carbocycles. The van der Waals surface area contributed by atoms with E-state index in [1.165, 1.54) is 12.1 Å². The molecule has 17 heavy (non-hydrogen) atoms. The zero-order valence-corrected chi connectivity index (χ0v) is 9.48. The van der Waals surface area contributed by atoms with Crippen LogP contribution in [0.1, 0.15) is 11.3 Å². The normalized spacial score (nSPS) is 10.3. The van der Waals surface area contributed by atoms with E-state index in [1.54, 1.807) is 12.3 Å². The van der Waals surface area contributed by atoms with Crippen LogP contribution in [0.3, 0.4) is 0 Å². The lowest BCUT2D eigenvalue weighted by Gasteiger charge is -2.09. The van der Waals surface area contributed by atoms with Crippen molar-refractivity contribution < 1.29 is 9.13 Å². The molecule has 2 rings (SSSR count). The molecule has 0 saturated heterocycles. The number of halogens is 1. The Bertz CT molecular complexity index is 511. The van der Waals surface area contributed by atoms with Gasteiger partial charge in [0.15, 0.2) is 0 Å². The first-order valence-corrected chi connectivity index (χ1v) is 5.28. The smallest absolute Gasteiger partial charge is 0.145 e. The Morgan fingerprint density at radius 3 is 2.76 bits per heavy atom. The number of nitrogens with two attached hydrogens (primary N) is 1. The highest BCUT2D eigenvalue weighted by molar-refractivity contribution is 5.37. The van der Waals surface area contributed by atoms with E-state index in [0.717, 1.165) is 5.69 Å². The van der Waals surface area contributed by atoms with Crippen molar-refractivity contribution in [1.29, 1.82) is 0 Å². The van der Waals surface area contributed by atoms with Gasteiger partial charge in [-0.1, -0.05) is 0 Å². The number of aryl methyl sites for hydroxylation is 1. The largest absolute Gasteiger partial charge is 0.455 e. The van der Waals surface area contributed by atoms with Crippen LogP contribution in [0.25, 0.3) is 0 Å². The number of benzene rings is 1. The molecule has 0 bridgehead atoms. The van der Waals surface area contributed by atoms with Crippen LogP contribution in [0.15, 0.2) is 36.5 Å². The molecular weight excluding hydrogens is 219 g/mol. The Morgan fingerprint density at radius 2 is 2.12 bits per heavy atom. The highest BCUT2D eigenvalue weighted by Gasteiger charge is 2.05. The molecule has 0 atom stereocenters. The van der Waals surface area contributed by atoms with Crippen molar-refractivity contribution in [3.8, 4) is 11.5 Å². The molecule has 1 heterocycles. The average molecular weight is 232 g/mol. The molecule has 0 saturated carbocycles. The predicted octanol–water partition coefficient (Wildman–Crippen LogP) is 2.78. The molecule has 2 N–H and O–H groups in total. The third-order valence-electron chi connectivity index (χ3n) is 2.35. The van der Waals surface area contributed by atoms with Gasteiger partial charge >= 0.3 is 0 Å². The molecule has 0 aliphatic rings. The molecule has 88 valence electrons. The number of nitrogens with zero attached hydrogens (tertiary/aromatic N) is 1. The van der Waals surface area contributed by atoms with Crippen LogP contribution in [0, 0.1) is 12.7 Å². The first kappa shape index (κ1) is 11.5. The van der Waals surface area contributed by atoms with E-state index in [1.807, 2.05) is 19.1 Å². The van der Waals surface area contributed by atoms with Gasteiger partial charge in [0.25, 0.3) is 0 Å². The van der Waals surface area contributed by atoms with Gasteiger partial charge in [-0.2, -0.15) is 0 Å². The van der Waals surface area contributed by atoms with Gasteiger partial charge in [0, 0.05) is 17.8 Å². The second-order valence-electron chi connectivity index (χ2n) is 3.69. The van der Waals surface area contributed by atoms with E-state index in [0.29, 0.717) is 17.1 Å². The van der Waals surface area contributed by atoms with Gasteiger partial charge < -0.3 is 10.5 Å². The van der Waals surface area contributed by atoms with E-state index in [-0.39, 0.29) is 12.4 Å². The van der Waals surface area contributed by atoms with E-state index in [4.69, 9.17) is 10.5 Å². The number of aromatic nitrogens is 1. The molecule has 0 fully saturated rings. The second-order valence-corrected chi connectivity index (χ2v) is 3.69. The first-order valence-electron chi connectivity index (χ1n) is 5.28. The first-order chi connectivity index (χ1) is 8.19. The zero-order chi connectivity index (χ0) is 12.3. The minimum atomic E-state index is -0.320. The maximum atomic E-state index is 13.0. The lowest BCUT2D eigenvalue weighted by atomic mass is 10.2. The number of hydrogen-bond acceptors (Lipinski definition) is 3. The molecule has 0 unspecified atom stereocenters. The summed E-state index contributed by atoms with van der Waals surface area (Å²) in [5.74, 6) is 0.844. The Morgan fingerprint density at radius 1 is 1.29 bits per heavy atom. The molecule has 0 radical (unpaired) electrons. The van der Waals surface area contributed by atoms with Crippen LogP contribution in [0.2, 0.25) is 0 Å². The van der Waals surface area contributed by atoms with E-state index < -0.39 is 0 Å². The summed E-state index contributed by atoms with van der Waals surface area (Å²) in [7, 11) is 0. The molecule has 1 aromatic heterocycles. The Kier molecular flexibility index (Phi) is 3.35. The summed E-state index contributed by atoms with van der Waals surface area (Å²) < 4.78 is 18.6. The van der Waals surface area contributed by atoms with Gasteiger partial charge in [0.05, 0.1) is 6.20 Å². The highest BCUT2D eigenvalue weighted by Crippen LogP contribution is 2.25. The molecule has 0 amide bonds. The van der Waals surface area contributed by atoms with Crippen molar-refractivity contribution in [3.05, 3.63) is 53.6 Å². The van der Waals surface area contributed by atoms with Crippen molar-refractivity contribution in [2.45, 2.75) is 13.5 Å². The third kappa shape index (κ3) is 2.79. The van der Waals surface area contributed by atoms with Gasteiger partial charge in [-0.15, -0.1) is 0 Å². The summed E-state index contributed by atoms with van der Waals surface area (Å²) >= 11 is 0. The quantitative estimate of drug-likeness (QED) is 0.885. The minimum absolute atomic E-state index is 0.229. The summed E-state index contributed by atoms with van der Waals surface area (Å²) in [5, 5.41) is 0. The minimum Gasteiger partial charge on any atom is -0.455 e. The number of pyridine rings is 1. The van der Waals surface area contributed by atoms with E-state index >= 15 is 0 Å². The summed E-state index contributed by atoms with van der Waals surface area (Å²) in [5.41, 5.74) is 7.08. The van der Waals surface area contributed by atoms with Crippen LogP contribution in [-0.4, -0.2) is 4.98 Å². The van der Waals surface area contributed by atoms with Gasteiger partial charge in [-0.3, -0.25) is 4.98 Å². The maximum absolute atomic E-state index is 13.0. The van der Waals surface area contributed by atoms with Gasteiger partial charge in [0.1, 0.15) is 17.3 Å². The van der Waals surface area contributed by atoms with Gasteiger partial charge in [0.2, 0.25) is 0 Å². The highest BCUT2D eigenvalue weighted by atomic mass is 19.1. The fourth-order valence-electron chi connectivity index (χ4n) is 1.45. The topological polar surface area (TPSA) is 48.1 Å². The average Bonchev–Trinajstić information content (AvgIpc) is 2.34. The van der Waals surface area contributed by atoms with E-state index in [9.17, 15) is 4.39 Å². The summed E-state index contributed by atoms with van der Waals surface area (Å²) in [6, 6.07) is 7.94. The fraction of sp³-hybridized carbons (Fsp3) is 0.154. The standard InChI is InChI=1S/C13H13FN2O/c1-9-2-4-12(8-16-9)17-13-5-3-11(14)6-10(13)7-15/h2-6,8H,7,15H2,1H3. The summed E-state index contributed by atoms with van der Waals surface area (Å²) in [6.07, 6.45) is 1.62. The fourth-order valence-corrected chi connectivity index (χ4v) is 1.45. The third-order valence-corrected chi connectivity index (χ3v) is 2.35. The predicted molar refractivity (Wildman–Crippen MR) is 63.3 cm³/mol. The monoisotopic (exact) mass is 232 g/mol. The molecule has 4 heteroatoms. The Hall–Kier alpha value is -1.94. The molecule has 0 spiro atoms. The maximum Gasteiger partial charge on any atom is 0.145 e. The molecule has 2 aromatic rings. The van der Waals surface area contributed by atoms with Crippen molar-refractivity contribution in [3.63, 3.8) is 0 Å². The zero-order valence-electron chi connectivity index (χ0n) is 9.48. The summed E-state index contributed by atoms with van der Waals surface area (Å²) in [4.78, 5) is 4.12. The van der Waals surface area contributed by atoms with Crippen LogP contribution in [0.5, 0.6) is 11.5 Å². The van der Waals surface area contributed by atoms with Crippen molar-refractivity contribution in [1.82, 2.24) is 4.98 Å². The van der Waals surface area contributed by atoms with Crippen LogP contribution in [-0.2, 0) is 6.54 Å². The van der Waals surface area contributed by atoms with Crippen molar-refractivity contribution >= 4 is 0 Å². The molecular formula is C13H13FN2O. The Balaban J connectivity index is 2.26. The van der Waals surface area contributed by atoms with Crippen LogP contribution in [0.4, 0.5) is 4.39 Å².